The molecule has 0 aromatic carbocycles. The highest BCUT2D eigenvalue weighted by Crippen LogP contribution is 2.37. The zero-order valence-corrected chi connectivity index (χ0v) is 34.4. The zero-order valence-electron chi connectivity index (χ0n) is 34.4. The molecule has 0 unspecified atom stereocenters. The molecule has 0 amide bonds. The maximum Gasteiger partial charge on any atom is 0.187 e. The van der Waals surface area contributed by atoms with Crippen molar-refractivity contribution >= 4 is 0 Å². The maximum atomic E-state index is 11.5. The SMILES string of the molecule is C[C@@H]1O[C@@H](O[C@@H]2[C@@H](O[C@@H]3[C@@H](O[C@@H]4[C@@H](O)[C@H](O)O[C@H](CO)[C@H]4O[C@H]4O[C@H](CO)[C@@H](O)[C@H](O)[C@H]4O)O[C@H](CO)[C@@H](O)[C@@H]3O)O[C@H](CO)[C@@H](O)[C@@H]2O)[C@H](O)[C@H](O[C@H]2O[C@H](C)[C@H](O)C[C@H]2O)[C@H]1O. The molecule has 6 heterocycles. The van der Waals surface area contributed by atoms with Gasteiger partial charge in [-0.3, -0.25) is 0 Å². The topological polar surface area (TPSA) is 445 Å². The monoisotopic (exact) mass is 942 g/mol. The van der Waals surface area contributed by atoms with Crippen LogP contribution in [-0.2, 0) is 52.1 Å². The molecule has 0 aromatic heterocycles. The van der Waals surface area contributed by atoms with E-state index in [2.05, 4.69) is 0 Å². The smallest absolute Gasteiger partial charge is 0.187 e. The van der Waals surface area contributed by atoms with E-state index in [1.807, 2.05) is 0 Å². The summed E-state index contributed by atoms with van der Waals surface area (Å²) in [6.07, 6.45) is -52.1. The molecule has 6 aliphatic rings. The molecule has 6 aliphatic heterocycles. The fraction of sp³-hybridized carbons (Fsp3) is 1.00. The highest BCUT2D eigenvalue weighted by atomic mass is 16.8. The minimum absolute atomic E-state index is 0.178. The molecule has 28 nitrogen and oxygen atoms in total. The van der Waals surface area contributed by atoms with E-state index in [1.165, 1.54) is 13.8 Å². The molecule has 374 valence electrons. The van der Waals surface area contributed by atoms with E-state index in [0.29, 0.717) is 0 Å². The van der Waals surface area contributed by atoms with Crippen molar-refractivity contribution < 1.29 is 139 Å². The van der Waals surface area contributed by atoms with Crippen LogP contribution in [0.2, 0.25) is 0 Å². The van der Waals surface area contributed by atoms with Crippen LogP contribution < -0.4 is 0 Å². The van der Waals surface area contributed by atoms with E-state index in [4.69, 9.17) is 52.1 Å². The molecule has 6 fully saturated rings. The highest BCUT2D eigenvalue weighted by Gasteiger charge is 2.57. The predicted molar refractivity (Wildman–Crippen MR) is 195 cm³/mol. The Morgan fingerprint density at radius 3 is 1.28 bits per heavy atom. The van der Waals surface area contributed by atoms with Crippen LogP contribution in [0, 0.1) is 0 Å². The number of rotatable bonds is 14. The lowest BCUT2D eigenvalue weighted by atomic mass is 9.95. The summed E-state index contributed by atoms with van der Waals surface area (Å²) in [5, 5.41) is 181. The van der Waals surface area contributed by atoms with E-state index in [9.17, 15) is 86.8 Å². The van der Waals surface area contributed by atoms with Crippen molar-refractivity contribution in [3.8, 4) is 0 Å². The van der Waals surface area contributed by atoms with Crippen molar-refractivity contribution in [2.75, 3.05) is 26.4 Å². The van der Waals surface area contributed by atoms with Gasteiger partial charge in [0.1, 0.15) is 122 Å². The molecule has 0 aliphatic carbocycles. The molecule has 29 atom stereocenters. The number of aliphatic hydroxyl groups is 17. The Balaban J connectivity index is 1.28. The van der Waals surface area contributed by atoms with Gasteiger partial charge in [0.05, 0.1) is 44.7 Å². The maximum absolute atomic E-state index is 11.5. The van der Waals surface area contributed by atoms with Crippen LogP contribution in [-0.4, -0.2) is 291 Å². The van der Waals surface area contributed by atoms with E-state index in [0.717, 1.165) is 0 Å². The van der Waals surface area contributed by atoms with E-state index < -0.39 is 205 Å². The number of aliphatic hydroxyl groups excluding tert-OH is 17. The third-order valence-corrected chi connectivity index (χ3v) is 12.2. The average molecular weight is 943 g/mol. The van der Waals surface area contributed by atoms with Crippen molar-refractivity contribution in [3.63, 3.8) is 0 Å². The van der Waals surface area contributed by atoms with Gasteiger partial charge < -0.3 is 139 Å². The lowest BCUT2D eigenvalue weighted by molar-refractivity contribution is -0.410. The van der Waals surface area contributed by atoms with Crippen molar-refractivity contribution in [2.45, 2.75) is 198 Å². The van der Waals surface area contributed by atoms with Gasteiger partial charge in [0.2, 0.25) is 0 Å². The standard InChI is InChI=1S/C36H62O28/c1-8-10(41)3-11(42)32(54-8)61-27-16(43)9(2)55-34(25(27)52)63-29-21(48)18(45)14(6-39)59-36(29)64-30-22(49)19(46)13(5-38)58-35(30)62-28-24(51)31(53)56-15(7-40)26(28)60-33-23(50)20(47)17(44)12(4-37)57-33/h8-53H,3-7H2,1-2H3/t8-,9+,10-,11-,12-,13-,14-,15-,16+,17-,18-,19-,20+,21+,22+,23-,24-,25-,26-,27-,28-,29+,30+,31-,32-,33-,34+,35-,36-/m1/s1. The molecular weight excluding hydrogens is 880 g/mol. The van der Waals surface area contributed by atoms with Gasteiger partial charge in [-0.1, -0.05) is 0 Å². The van der Waals surface area contributed by atoms with Gasteiger partial charge in [-0.15, -0.1) is 0 Å². The molecule has 28 heteroatoms. The van der Waals surface area contributed by atoms with E-state index in [-0.39, 0.29) is 6.42 Å². The molecule has 0 bridgehead atoms. The van der Waals surface area contributed by atoms with Crippen LogP contribution in [0.4, 0.5) is 0 Å². The summed E-state index contributed by atoms with van der Waals surface area (Å²) in [6.45, 7) is -0.963. The van der Waals surface area contributed by atoms with Crippen molar-refractivity contribution in [1.29, 1.82) is 0 Å². The number of ether oxygens (including phenoxy) is 11. The van der Waals surface area contributed by atoms with Gasteiger partial charge in [-0.25, -0.2) is 0 Å². The first-order valence-corrected chi connectivity index (χ1v) is 20.7. The third-order valence-electron chi connectivity index (χ3n) is 12.2. The zero-order chi connectivity index (χ0) is 47.1. The Kier molecular flexibility index (Phi) is 18.0. The van der Waals surface area contributed by atoms with Gasteiger partial charge in [0.25, 0.3) is 0 Å². The molecule has 0 spiro atoms. The fourth-order valence-corrected chi connectivity index (χ4v) is 8.29. The third kappa shape index (κ3) is 10.7. The summed E-state index contributed by atoms with van der Waals surface area (Å²) in [4.78, 5) is 0. The van der Waals surface area contributed by atoms with Crippen LogP contribution in [0.25, 0.3) is 0 Å². The van der Waals surface area contributed by atoms with E-state index in [1.54, 1.807) is 0 Å². The van der Waals surface area contributed by atoms with Crippen LogP contribution in [0.15, 0.2) is 0 Å². The number of hydrogen-bond acceptors (Lipinski definition) is 28. The van der Waals surface area contributed by atoms with Crippen LogP contribution in [0.1, 0.15) is 20.3 Å². The summed E-state index contributed by atoms with van der Waals surface area (Å²) in [7, 11) is 0. The minimum atomic E-state index is -2.16. The molecule has 6 saturated heterocycles. The van der Waals surface area contributed by atoms with Crippen molar-refractivity contribution in [2.24, 2.45) is 0 Å². The largest absolute Gasteiger partial charge is 0.394 e. The Morgan fingerprint density at radius 2 is 0.750 bits per heavy atom. The quantitative estimate of drug-likeness (QED) is 0.0769. The number of hydrogen-bond donors (Lipinski definition) is 17. The first-order valence-electron chi connectivity index (χ1n) is 20.7. The highest BCUT2D eigenvalue weighted by molar-refractivity contribution is 4.99. The summed E-state index contributed by atoms with van der Waals surface area (Å²) < 4.78 is 62.8. The van der Waals surface area contributed by atoms with Crippen molar-refractivity contribution in [3.05, 3.63) is 0 Å². The molecule has 17 N–H and O–H groups in total. The van der Waals surface area contributed by atoms with Gasteiger partial charge in [0, 0.05) is 6.42 Å². The normalized spacial score (nSPS) is 54.1. The Hall–Kier alpha value is -1.12. The summed E-state index contributed by atoms with van der Waals surface area (Å²) in [5.74, 6) is 0. The van der Waals surface area contributed by atoms with Gasteiger partial charge in [-0.05, 0) is 13.8 Å². The van der Waals surface area contributed by atoms with Crippen LogP contribution >= 0.6 is 0 Å². The van der Waals surface area contributed by atoms with Crippen LogP contribution in [0.5, 0.6) is 0 Å². The second-order valence-electron chi connectivity index (χ2n) is 16.6. The summed E-state index contributed by atoms with van der Waals surface area (Å²) in [6, 6.07) is 0. The minimum Gasteiger partial charge on any atom is -0.394 e. The van der Waals surface area contributed by atoms with E-state index >= 15 is 0 Å². The van der Waals surface area contributed by atoms with Gasteiger partial charge in [-0.2, -0.15) is 0 Å². The second-order valence-corrected chi connectivity index (χ2v) is 16.6. The Bertz CT molecular complexity index is 1440. The second kappa shape index (κ2) is 22.1. The lowest BCUT2D eigenvalue weighted by Gasteiger charge is -2.50. The molecular formula is C36H62O28. The summed E-state index contributed by atoms with van der Waals surface area (Å²) >= 11 is 0. The van der Waals surface area contributed by atoms with Gasteiger partial charge in [0.15, 0.2) is 37.7 Å². The first kappa shape index (κ1) is 52.3. The van der Waals surface area contributed by atoms with Crippen molar-refractivity contribution in [1.82, 2.24) is 0 Å². The Labute approximate surface area is 363 Å². The first-order chi connectivity index (χ1) is 30.3. The average Bonchev–Trinajstić information content (AvgIpc) is 3.27. The Morgan fingerprint density at radius 1 is 0.328 bits per heavy atom. The van der Waals surface area contributed by atoms with Gasteiger partial charge >= 0.3 is 0 Å². The molecule has 0 radical (unpaired) electrons. The predicted octanol–water partition coefficient (Wildman–Crippen LogP) is -11.0. The molecule has 0 saturated carbocycles. The lowest BCUT2D eigenvalue weighted by Crippen LogP contribution is -2.68. The molecule has 0 aromatic rings. The fourth-order valence-electron chi connectivity index (χ4n) is 8.29. The van der Waals surface area contributed by atoms with Crippen LogP contribution in [0.3, 0.4) is 0 Å². The summed E-state index contributed by atoms with van der Waals surface area (Å²) in [5.41, 5.74) is 0. The molecule has 64 heavy (non-hydrogen) atoms. The molecule has 6 rings (SSSR count).